The van der Waals surface area contributed by atoms with Gasteiger partial charge in [-0.15, -0.1) is 0 Å². The van der Waals surface area contributed by atoms with Crippen LogP contribution in [0.1, 0.15) is 56.0 Å². The van der Waals surface area contributed by atoms with Gasteiger partial charge < -0.3 is 20.4 Å². The van der Waals surface area contributed by atoms with Crippen LogP contribution < -0.4 is 10.6 Å². The topological polar surface area (TPSA) is 146 Å². The van der Waals surface area contributed by atoms with Crippen molar-refractivity contribution >= 4 is 23.6 Å². The third-order valence-electron chi connectivity index (χ3n) is 4.68. The summed E-state index contributed by atoms with van der Waals surface area (Å²) in [5, 5.41) is 14.7. The highest BCUT2D eigenvalue weighted by molar-refractivity contribution is 6.31. The second-order valence-electron chi connectivity index (χ2n) is 8.80. The van der Waals surface area contributed by atoms with Gasteiger partial charge in [-0.2, -0.15) is 5.26 Å². The third kappa shape index (κ3) is 7.52. The number of hydrogen-bond acceptors (Lipinski definition) is 7. The van der Waals surface area contributed by atoms with Crippen molar-refractivity contribution in [1.82, 2.24) is 30.6 Å². The van der Waals surface area contributed by atoms with Crippen LogP contribution in [-0.4, -0.2) is 37.5 Å². The smallest absolute Gasteiger partial charge is 0.408 e. The van der Waals surface area contributed by atoms with Gasteiger partial charge in [0.2, 0.25) is 5.91 Å². The first-order chi connectivity index (χ1) is 16.5. The lowest BCUT2D eigenvalue weighted by Gasteiger charge is -2.22. The minimum atomic E-state index is -0.849. The molecule has 3 rings (SSSR count). The molecule has 0 radical (unpaired) electrons. The van der Waals surface area contributed by atoms with Crippen molar-refractivity contribution in [1.29, 1.82) is 5.26 Å². The van der Waals surface area contributed by atoms with E-state index in [-0.39, 0.29) is 29.9 Å². The van der Waals surface area contributed by atoms with Gasteiger partial charge in [-0.05, 0) is 39.8 Å². The van der Waals surface area contributed by atoms with Crippen LogP contribution in [0.3, 0.4) is 0 Å². The molecule has 1 unspecified atom stereocenters. The number of amides is 2. The fourth-order valence-corrected chi connectivity index (χ4v) is 3.30. The van der Waals surface area contributed by atoms with E-state index in [0.29, 0.717) is 22.5 Å². The van der Waals surface area contributed by atoms with Crippen molar-refractivity contribution in [2.24, 2.45) is 0 Å². The summed E-state index contributed by atoms with van der Waals surface area (Å²) >= 11 is 6.39. The van der Waals surface area contributed by atoms with Crippen LogP contribution >= 0.6 is 11.6 Å². The lowest BCUT2D eigenvalue weighted by atomic mass is 10.1. The summed E-state index contributed by atoms with van der Waals surface area (Å²) in [5.74, 6) is -0.0635. The van der Waals surface area contributed by atoms with E-state index in [0.717, 1.165) is 5.69 Å². The number of nitrogens with one attached hydrogen (secondary N) is 3. The molecule has 1 aromatic carbocycles. The molecule has 2 amide bonds. The van der Waals surface area contributed by atoms with Crippen LogP contribution in [-0.2, 0) is 16.1 Å². The monoisotopic (exact) mass is 495 g/mol. The zero-order chi connectivity index (χ0) is 25.6. The number of aryl methyl sites for hydroxylation is 1. The molecule has 3 aromatic rings. The number of rotatable bonds is 7. The Morgan fingerprint density at radius 1 is 1.20 bits per heavy atom. The van der Waals surface area contributed by atoms with Gasteiger partial charge in [-0.25, -0.2) is 9.78 Å². The maximum atomic E-state index is 12.7. The predicted molar refractivity (Wildman–Crippen MR) is 129 cm³/mol. The molecule has 11 heteroatoms. The lowest BCUT2D eigenvalue weighted by molar-refractivity contribution is -0.121. The predicted octanol–water partition coefficient (Wildman–Crippen LogP) is 3.97. The minimum Gasteiger partial charge on any atom is -0.444 e. The van der Waals surface area contributed by atoms with E-state index in [4.69, 9.17) is 21.6 Å². The quantitative estimate of drug-likeness (QED) is 0.449. The number of halogens is 1. The number of hydrogen-bond donors (Lipinski definition) is 3. The van der Waals surface area contributed by atoms with Crippen LogP contribution in [0, 0.1) is 18.3 Å². The molecule has 2 aromatic heterocycles. The molecule has 2 heterocycles. The SMILES string of the molecule is Cc1cnc(CNC(=O)CC(NC(=O)OC(C)(C)C)c2nc(-c3ccc(C#N)cc3)c(Cl)[nH]2)cn1. The molecular formula is C24H26ClN7O3. The van der Waals surface area contributed by atoms with Crippen LogP contribution in [0.25, 0.3) is 11.3 Å². The third-order valence-corrected chi connectivity index (χ3v) is 4.95. The molecule has 35 heavy (non-hydrogen) atoms. The first kappa shape index (κ1) is 25.6. The van der Waals surface area contributed by atoms with E-state index in [1.807, 2.05) is 6.92 Å². The molecule has 0 aliphatic rings. The molecule has 10 nitrogen and oxygen atoms in total. The maximum absolute atomic E-state index is 12.7. The molecule has 3 N–H and O–H groups in total. The summed E-state index contributed by atoms with van der Waals surface area (Å²) in [4.78, 5) is 41.0. The Labute approximate surface area is 208 Å². The van der Waals surface area contributed by atoms with Gasteiger partial charge in [0.25, 0.3) is 0 Å². The van der Waals surface area contributed by atoms with E-state index < -0.39 is 17.7 Å². The Bertz CT molecular complexity index is 1230. The molecule has 0 saturated carbocycles. The Morgan fingerprint density at radius 3 is 2.51 bits per heavy atom. The van der Waals surface area contributed by atoms with E-state index in [9.17, 15) is 9.59 Å². The number of aromatic amines is 1. The first-order valence-electron chi connectivity index (χ1n) is 10.8. The number of nitrogens with zero attached hydrogens (tertiary/aromatic N) is 4. The highest BCUT2D eigenvalue weighted by Crippen LogP contribution is 2.28. The zero-order valence-electron chi connectivity index (χ0n) is 19.8. The second-order valence-corrected chi connectivity index (χ2v) is 9.18. The number of carbonyl (C=O) groups excluding carboxylic acids is 2. The fraction of sp³-hybridized carbons (Fsp3) is 0.333. The Hall–Kier alpha value is -3.97. The van der Waals surface area contributed by atoms with Gasteiger partial charge >= 0.3 is 6.09 Å². The molecule has 182 valence electrons. The fourth-order valence-electron chi connectivity index (χ4n) is 3.05. The van der Waals surface area contributed by atoms with Crippen molar-refractivity contribution in [3.05, 3.63) is 64.6 Å². The van der Waals surface area contributed by atoms with E-state index in [2.05, 4.69) is 36.6 Å². The average molecular weight is 496 g/mol. The van der Waals surface area contributed by atoms with Crippen molar-refractivity contribution in [3.8, 4) is 17.3 Å². The summed E-state index contributed by atoms with van der Waals surface area (Å²) in [7, 11) is 0. The molecule has 0 fully saturated rings. The normalized spacial score (nSPS) is 11.9. The standard InChI is InChI=1S/C24H26ClN7O3/c1-14-11-28-17(12-27-14)13-29-19(33)9-18(30-23(34)35-24(2,3)4)22-31-20(21(25)32-22)16-7-5-15(10-26)6-8-16/h5-8,11-12,18H,9,13H2,1-4H3,(H,29,33)(H,30,34)(H,31,32). The van der Waals surface area contributed by atoms with Crippen LogP contribution in [0.15, 0.2) is 36.7 Å². The van der Waals surface area contributed by atoms with Gasteiger partial charge in [0.1, 0.15) is 22.3 Å². The van der Waals surface area contributed by atoms with E-state index in [1.165, 1.54) is 0 Å². The molecule has 0 saturated heterocycles. The molecule has 0 aliphatic carbocycles. The number of carbonyl (C=O) groups is 2. The van der Waals surface area contributed by atoms with Crippen molar-refractivity contribution in [2.75, 3.05) is 0 Å². The van der Waals surface area contributed by atoms with Crippen LogP contribution in [0.4, 0.5) is 4.79 Å². The van der Waals surface area contributed by atoms with Gasteiger partial charge in [-0.1, -0.05) is 23.7 Å². The van der Waals surface area contributed by atoms with E-state index in [1.54, 1.807) is 57.4 Å². The first-order valence-corrected chi connectivity index (χ1v) is 11.2. The molecule has 0 spiro atoms. The van der Waals surface area contributed by atoms with Crippen molar-refractivity contribution < 1.29 is 14.3 Å². The summed E-state index contributed by atoms with van der Waals surface area (Å²) in [6.45, 7) is 7.22. The van der Waals surface area contributed by atoms with Gasteiger partial charge in [0.15, 0.2) is 0 Å². The Kier molecular flexibility index (Phi) is 8.04. The Morgan fingerprint density at radius 2 is 1.91 bits per heavy atom. The molecule has 0 aliphatic heterocycles. The lowest BCUT2D eigenvalue weighted by Crippen LogP contribution is -2.37. The summed E-state index contributed by atoms with van der Waals surface area (Å²) in [6.07, 6.45) is 2.37. The second kappa shape index (κ2) is 11.0. The minimum absolute atomic E-state index is 0.130. The molecule has 1 atom stereocenters. The van der Waals surface area contributed by atoms with E-state index >= 15 is 0 Å². The van der Waals surface area contributed by atoms with Gasteiger partial charge in [-0.3, -0.25) is 14.8 Å². The summed E-state index contributed by atoms with van der Waals surface area (Å²) in [6, 6.07) is 7.95. The highest BCUT2D eigenvalue weighted by Gasteiger charge is 2.26. The maximum Gasteiger partial charge on any atom is 0.408 e. The zero-order valence-corrected chi connectivity index (χ0v) is 20.6. The number of benzene rings is 1. The summed E-state index contributed by atoms with van der Waals surface area (Å²) < 4.78 is 5.35. The number of imidazole rings is 1. The Balaban J connectivity index is 1.79. The van der Waals surface area contributed by atoms with Crippen molar-refractivity contribution in [3.63, 3.8) is 0 Å². The van der Waals surface area contributed by atoms with Crippen LogP contribution in [0.2, 0.25) is 5.15 Å². The van der Waals surface area contributed by atoms with Crippen molar-refractivity contribution in [2.45, 2.75) is 52.3 Å². The highest BCUT2D eigenvalue weighted by atomic mass is 35.5. The number of H-pyrrole nitrogens is 1. The number of nitriles is 1. The number of alkyl carbamates (subject to hydrolysis) is 1. The average Bonchev–Trinajstić information content (AvgIpc) is 3.18. The van der Waals surface area contributed by atoms with Gasteiger partial charge in [0.05, 0.1) is 48.2 Å². The summed E-state index contributed by atoms with van der Waals surface area (Å²) in [5.41, 5.74) is 2.25. The van der Waals surface area contributed by atoms with Crippen LogP contribution in [0.5, 0.6) is 0 Å². The molecule has 0 bridgehead atoms. The van der Waals surface area contributed by atoms with Gasteiger partial charge in [0, 0.05) is 11.8 Å². The largest absolute Gasteiger partial charge is 0.444 e. The molecular weight excluding hydrogens is 470 g/mol. The number of aromatic nitrogens is 4. The number of ether oxygens (including phenoxy) is 1.